The Morgan fingerprint density at radius 1 is 1.56 bits per heavy atom. The van der Waals surface area contributed by atoms with E-state index in [1.54, 1.807) is 13.0 Å². The van der Waals surface area contributed by atoms with Crippen LogP contribution in [0.5, 0.6) is 0 Å². The van der Waals surface area contributed by atoms with E-state index in [0.29, 0.717) is 12.1 Å². The molecule has 0 spiro atoms. The molecule has 0 saturated carbocycles. The zero-order valence-corrected chi connectivity index (χ0v) is 9.48. The molecule has 1 unspecified atom stereocenters. The predicted molar refractivity (Wildman–Crippen MR) is 58.9 cm³/mol. The Hall–Kier alpha value is -1.50. The Balaban J connectivity index is 2.40. The molecule has 1 fully saturated rings. The average molecular weight is 241 g/mol. The van der Waals surface area contributed by atoms with E-state index in [9.17, 15) is 14.4 Å². The number of fused-ring (bicyclic) bond motifs is 2. The fourth-order valence-corrected chi connectivity index (χ4v) is 2.46. The second kappa shape index (κ2) is 3.51. The van der Waals surface area contributed by atoms with Gasteiger partial charge in [-0.25, -0.2) is 9.69 Å². The van der Waals surface area contributed by atoms with Crippen molar-refractivity contribution in [3.63, 3.8) is 0 Å². The first-order valence-electron chi connectivity index (χ1n) is 4.74. The smallest absolute Gasteiger partial charge is 0.329 e. The van der Waals surface area contributed by atoms with Crippen molar-refractivity contribution in [2.24, 2.45) is 5.73 Å². The quantitative estimate of drug-likeness (QED) is 0.499. The third kappa shape index (κ3) is 1.39. The standard InChI is InChI=1S/C9H11N3O3S/c1-4-2-5-3-11(6(4)7(10)13)8(14)12(5)9(15)16/h2,5-6H,3H2,1H3,(H2,10,13)(H,15,16)/t5-,6?/m1/s1. The third-order valence-electron chi connectivity index (χ3n) is 2.84. The van der Waals surface area contributed by atoms with Gasteiger partial charge < -0.3 is 10.6 Å². The van der Waals surface area contributed by atoms with Crippen LogP contribution in [0.4, 0.5) is 9.59 Å². The number of hydrogen-bond acceptors (Lipinski definition) is 3. The molecule has 0 aromatic rings. The van der Waals surface area contributed by atoms with Gasteiger partial charge in [0.2, 0.25) is 5.91 Å². The lowest BCUT2D eigenvalue weighted by Crippen LogP contribution is -2.48. The van der Waals surface area contributed by atoms with Crippen LogP contribution in [-0.4, -0.2) is 45.6 Å². The highest BCUT2D eigenvalue weighted by molar-refractivity contribution is 7.96. The highest BCUT2D eigenvalue weighted by Crippen LogP contribution is 2.29. The molecule has 2 atom stereocenters. The van der Waals surface area contributed by atoms with Crippen LogP contribution in [0, 0.1) is 0 Å². The molecule has 0 radical (unpaired) electrons. The van der Waals surface area contributed by atoms with Crippen LogP contribution in [0.3, 0.4) is 0 Å². The van der Waals surface area contributed by atoms with Crippen molar-refractivity contribution in [3.05, 3.63) is 11.6 Å². The fourth-order valence-electron chi connectivity index (χ4n) is 2.23. The molecular weight excluding hydrogens is 230 g/mol. The molecule has 0 aromatic carbocycles. The lowest BCUT2D eigenvalue weighted by Gasteiger charge is -2.27. The van der Waals surface area contributed by atoms with E-state index in [1.165, 1.54) is 4.90 Å². The Morgan fingerprint density at radius 3 is 2.69 bits per heavy atom. The number of carbonyl (C=O) groups is 3. The van der Waals surface area contributed by atoms with Crippen LogP contribution < -0.4 is 5.73 Å². The summed E-state index contributed by atoms with van der Waals surface area (Å²) in [6.45, 7) is 2.02. The average Bonchev–Trinajstić information content (AvgIpc) is 2.38. The minimum atomic E-state index is -0.749. The summed E-state index contributed by atoms with van der Waals surface area (Å²) in [4.78, 5) is 36.6. The molecular formula is C9H11N3O3S. The number of thiol groups is 1. The Morgan fingerprint density at radius 2 is 2.19 bits per heavy atom. The van der Waals surface area contributed by atoms with Crippen molar-refractivity contribution in [1.82, 2.24) is 9.80 Å². The first-order chi connectivity index (χ1) is 7.43. The molecule has 4 amide bonds. The van der Waals surface area contributed by atoms with Crippen LogP contribution in [0.15, 0.2) is 11.6 Å². The molecule has 2 aliphatic rings. The minimum absolute atomic E-state index is 0.302. The van der Waals surface area contributed by atoms with E-state index in [-0.39, 0.29) is 6.04 Å². The molecule has 1 saturated heterocycles. The van der Waals surface area contributed by atoms with Gasteiger partial charge >= 0.3 is 6.03 Å². The maximum atomic E-state index is 11.8. The summed E-state index contributed by atoms with van der Waals surface area (Å²) in [7, 11) is 0. The van der Waals surface area contributed by atoms with Gasteiger partial charge in [-0.3, -0.25) is 9.59 Å². The molecule has 16 heavy (non-hydrogen) atoms. The van der Waals surface area contributed by atoms with Gasteiger partial charge in [-0.15, -0.1) is 0 Å². The van der Waals surface area contributed by atoms with Crippen molar-refractivity contribution in [2.45, 2.75) is 19.0 Å². The van der Waals surface area contributed by atoms with Crippen LogP contribution in [0.2, 0.25) is 0 Å². The number of carbonyl (C=O) groups excluding carboxylic acids is 3. The van der Waals surface area contributed by atoms with Gasteiger partial charge in [0.05, 0.1) is 6.04 Å². The molecule has 2 aliphatic heterocycles. The second-order valence-corrected chi connectivity index (χ2v) is 4.25. The van der Waals surface area contributed by atoms with Gasteiger partial charge in [0.25, 0.3) is 5.24 Å². The van der Waals surface area contributed by atoms with E-state index in [2.05, 4.69) is 12.6 Å². The number of nitrogens with two attached hydrogens (primary N) is 1. The van der Waals surface area contributed by atoms with Crippen molar-refractivity contribution < 1.29 is 14.4 Å². The monoisotopic (exact) mass is 241 g/mol. The normalized spacial score (nSPS) is 28.1. The number of rotatable bonds is 1. The highest BCUT2D eigenvalue weighted by atomic mass is 32.1. The second-order valence-electron chi connectivity index (χ2n) is 3.87. The summed E-state index contributed by atoms with van der Waals surface area (Å²) < 4.78 is 0. The Kier molecular flexibility index (Phi) is 2.42. The zero-order valence-electron chi connectivity index (χ0n) is 8.58. The summed E-state index contributed by atoms with van der Waals surface area (Å²) in [5, 5.41) is -0.619. The molecule has 2 rings (SSSR count). The molecule has 0 aromatic heterocycles. The van der Waals surface area contributed by atoms with Crippen LogP contribution in [0.1, 0.15) is 6.92 Å². The van der Waals surface area contributed by atoms with E-state index < -0.39 is 23.2 Å². The summed E-state index contributed by atoms with van der Waals surface area (Å²) in [5.74, 6) is -0.589. The zero-order chi connectivity index (χ0) is 12.0. The summed E-state index contributed by atoms with van der Waals surface area (Å²) in [5.41, 5.74) is 5.92. The number of hydrogen-bond donors (Lipinski definition) is 2. The summed E-state index contributed by atoms with van der Waals surface area (Å²) in [6, 6.07) is -1.60. The topological polar surface area (TPSA) is 83.7 Å². The molecule has 2 heterocycles. The van der Waals surface area contributed by atoms with Crippen molar-refractivity contribution in [1.29, 1.82) is 0 Å². The highest BCUT2D eigenvalue weighted by Gasteiger charge is 2.47. The van der Waals surface area contributed by atoms with E-state index in [1.807, 2.05) is 0 Å². The third-order valence-corrected chi connectivity index (χ3v) is 3.06. The number of amides is 4. The molecule has 2 N–H and O–H groups in total. The van der Waals surface area contributed by atoms with Crippen LogP contribution >= 0.6 is 12.6 Å². The first-order valence-corrected chi connectivity index (χ1v) is 5.18. The number of primary amides is 1. The minimum Gasteiger partial charge on any atom is -0.368 e. The number of nitrogens with zero attached hydrogens (tertiary/aromatic N) is 2. The van der Waals surface area contributed by atoms with Crippen molar-refractivity contribution in [2.75, 3.05) is 6.54 Å². The van der Waals surface area contributed by atoms with Gasteiger partial charge in [0.15, 0.2) is 0 Å². The Bertz CT molecular complexity index is 420. The van der Waals surface area contributed by atoms with Gasteiger partial charge in [0, 0.05) is 6.54 Å². The lowest BCUT2D eigenvalue weighted by molar-refractivity contribution is -0.121. The van der Waals surface area contributed by atoms with Crippen molar-refractivity contribution >= 4 is 29.8 Å². The van der Waals surface area contributed by atoms with E-state index >= 15 is 0 Å². The SMILES string of the molecule is CC1=C[C@@H]2CN(C(=O)N2C(=O)S)C1C(N)=O. The maximum Gasteiger partial charge on any atom is 0.329 e. The first kappa shape index (κ1) is 11.0. The van der Waals surface area contributed by atoms with Gasteiger partial charge in [-0.2, -0.15) is 0 Å². The molecule has 0 aliphatic carbocycles. The number of urea groups is 1. The van der Waals surface area contributed by atoms with Crippen molar-refractivity contribution in [3.8, 4) is 0 Å². The van der Waals surface area contributed by atoms with E-state index in [4.69, 9.17) is 5.73 Å². The molecule has 2 bridgehead atoms. The van der Waals surface area contributed by atoms with Crippen LogP contribution in [-0.2, 0) is 4.79 Å². The molecule has 7 heteroatoms. The summed E-state index contributed by atoms with van der Waals surface area (Å²) >= 11 is 3.64. The Labute approximate surface area is 97.5 Å². The lowest BCUT2D eigenvalue weighted by atomic mass is 10.0. The predicted octanol–water partition coefficient (Wildman–Crippen LogP) is -0.0438. The van der Waals surface area contributed by atoms with Gasteiger partial charge in [0.1, 0.15) is 6.04 Å². The van der Waals surface area contributed by atoms with Gasteiger partial charge in [-0.05, 0) is 12.5 Å². The van der Waals surface area contributed by atoms with Crippen LogP contribution in [0.25, 0.3) is 0 Å². The fraction of sp³-hybridized carbons (Fsp3) is 0.444. The summed E-state index contributed by atoms with van der Waals surface area (Å²) in [6.07, 6.45) is 1.71. The van der Waals surface area contributed by atoms with Gasteiger partial charge in [-0.1, -0.05) is 18.7 Å². The maximum absolute atomic E-state index is 11.8. The van der Waals surface area contributed by atoms with E-state index in [0.717, 1.165) is 4.90 Å². The number of imide groups is 1. The molecule has 86 valence electrons. The molecule has 6 nitrogen and oxygen atoms in total. The largest absolute Gasteiger partial charge is 0.368 e.